The molecular weight excluding hydrogens is 571 g/mol. The van der Waals surface area contributed by atoms with E-state index in [-0.39, 0.29) is 5.91 Å². The molecule has 5 rings (SSSR count). The van der Waals surface area contributed by atoms with E-state index in [4.69, 9.17) is 44.5 Å². The highest BCUT2D eigenvalue weighted by Crippen LogP contribution is 2.39. The molecule has 0 radical (unpaired) electrons. The number of carbonyl (C=O) groups excluding carboxylic acids is 1. The quantitative estimate of drug-likeness (QED) is 0.209. The molecule has 1 aliphatic heterocycles. The Morgan fingerprint density at radius 2 is 1.62 bits per heavy atom. The van der Waals surface area contributed by atoms with E-state index in [2.05, 4.69) is 0 Å². The number of thioether (sulfide) groups is 1. The topological polar surface area (TPSA) is 41.9 Å². The predicted octanol–water partition coefficient (Wildman–Crippen LogP) is 9.65. The number of aliphatic imine (C=N–C) groups is 1. The van der Waals surface area contributed by atoms with Crippen molar-refractivity contribution < 1.29 is 9.53 Å². The lowest BCUT2D eigenvalue weighted by molar-refractivity contribution is -0.113. The van der Waals surface area contributed by atoms with Crippen molar-refractivity contribution in [2.75, 3.05) is 4.90 Å². The Morgan fingerprint density at radius 3 is 2.36 bits per heavy atom. The Morgan fingerprint density at radius 1 is 0.872 bits per heavy atom. The third-order valence-electron chi connectivity index (χ3n) is 6.09. The average molecular weight is 594 g/mol. The molecular formula is C31H23Cl3N2O2S. The molecule has 0 N–H and O–H groups in total. The summed E-state index contributed by atoms with van der Waals surface area (Å²) in [6, 6.07) is 26.2. The molecule has 4 aromatic carbocycles. The number of nitrogens with zero attached hydrogens (tertiary/aromatic N) is 2. The molecule has 0 atom stereocenters. The van der Waals surface area contributed by atoms with Crippen molar-refractivity contribution in [2.45, 2.75) is 20.5 Å². The first-order valence-electron chi connectivity index (χ1n) is 12.1. The molecule has 1 amide bonds. The van der Waals surface area contributed by atoms with Crippen molar-refractivity contribution in [1.82, 2.24) is 0 Å². The van der Waals surface area contributed by atoms with Gasteiger partial charge in [0.25, 0.3) is 5.91 Å². The second kappa shape index (κ2) is 11.9. The third kappa shape index (κ3) is 6.34. The number of para-hydroxylation sites is 1. The molecule has 39 heavy (non-hydrogen) atoms. The smallest absolute Gasteiger partial charge is 0.271 e. The van der Waals surface area contributed by atoms with Gasteiger partial charge in [0.15, 0.2) is 5.17 Å². The molecule has 0 aliphatic carbocycles. The van der Waals surface area contributed by atoms with Gasteiger partial charge in [0, 0.05) is 20.6 Å². The molecule has 0 spiro atoms. The Kier molecular flexibility index (Phi) is 8.34. The van der Waals surface area contributed by atoms with E-state index < -0.39 is 0 Å². The number of amides is 1. The third-order valence-corrected chi connectivity index (χ3v) is 8.11. The van der Waals surface area contributed by atoms with Crippen LogP contribution >= 0.6 is 46.6 Å². The zero-order valence-electron chi connectivity index (χ0n) is 21.1. The molecule has 1 saturated heterocycles. The van der Waals surface area contributed by atoms with Crippen LogP contribution in [0.4, 0.5) is 11.4 Å². The number of ether oxygens (including phenoxy) is 1. The molecule has 4 aromatic rings. The van der Waals surface area contributed by atoms with E-state index in [1.807, 2.05) is 92.7 Å². The summed E-state index contributed by atoms with van der Waals surface area (Å²) in [7, 11) is 0. The number of aryl methyl sites for hydroxylation is 2. The fourth-order valence-electron chi connectivity index (χ4n) is 3.92. The van der Waals surface area contributed by atoms with Crippen LogP contribution in [0.5, 0.6) is 5.75 Å². The summed E-state index contributed by atoms with van der Waals surface area (Å²) in [5.74, 6) is 0.445. The zero-order chi connectivity index (χ0) is 27.5. The molecule has 1 heterocycles. The van der Waals surface area contributed by atoms with E-state index in [9.17, 15) is 4.79 Å². The standard InChI is InChI=1S/C31H23Cl3N2O2S/c1-19-10-12-24(16-26(19)33)35-31-36(25-13-11-20(2)27(34)17-25)30(37)29(39-31)15-22-7-3-4-9-28(22)38-18-21-6-5-8-23(32)14-21/h3-17H,18H2,1-2H3/b29-15+,35-31?. The van der Waals surface area contributed by atoms with Gasteiger partial charge in [-0.3, -0.25) is 9.69 Å². The molecule has 0 bridgehead atoms. The maximum Gasteiger partial charge on any atom is 0.271 e. The fourth-order valence-corrected chi connectivity index (χ4v) is 5.47. The van der Waals surface area contributed by atoms with E-state index >= 15 is 0 Å². The number of amidine groups is 1. The lowest BCUT2D eigenvalue weighted by Crippen LogP contribution is -2.28. The number of anilines is 1. The van der Waals surface area contributed by atoms with E-state index in [1.54, 1.807) is 17.0 Å². The number of hydrogen-bond donors (Lipinski definition) is 0. The second-order valence-electron chi connectivity index (χ2n) is 8.97. The summed E-state index contributed by atoms with van der Waals surface area (Å²) in [4.78, 5) is 20.7. The van der Waals surface area contributed by atoms with E-state index in [0.717, 1.165) is 22.3 Å². The minimum Gasteiger partial charge on any atom is -0.488 e. The van der Waals surface area contributed by atoms with Crippen molar-refractivity contribution in [3.05, 3.63) is 127 Å². The summed E-state index contributed by atoms with van der Waals surface area (Å²) in [6.07, 6.45) is 1.83. The van der Waals surface area contributed by atoms with E-state index in [0.29, 0.717) is 48.9 Å². The van der Waals surface area contributed by atoms with Crippen LogP contribution < -0.4 is 9.64 Å². The molecule has 196 valence electrons. The number of carbonyl (C=O) groups is 1. The maximum atomic E-state index is 13.8. The Bertz CT molecular complexity index is 1630. The monoisotopic (exact) mass is 592 g/mol. The molecule has 0 aromatic heterocycles. The molecule has 1 aliphatic rings. The van der Waals surface area contributed by atoms with Gasteiger partial charge in [-0.2, -0.15) is 0 Å². The second-order valence-corrected chi connectivity index (χ2v) is 11.2. The highest BCUT2D eigenvalue weighted by Gasteiger charge is 2.35. The first kappa shape index (κ1) is 27.4. The van der Waals surface area contributed by atoms with Gasteiger partial charge in [-0.25, -0.2) is 4.99 Å². The van der Waals surface area contributed by atoms with Crippen LogP contribution in [0.1, 0.15) is 22.3 Å². The van der Waals surface area contributed by atoms with Crippen LogP contribution in [0.25, 0.3) is 6.08 Å². The average Bonchev–Trinajstić information content (AvgIpc) is 3.21. The van der Waals surface area contributed by atoms with E-state index in [1.165, 1.54) is 11.8 Å². The van der Waals surface area contributed by atoms with Gasteiger partial charge in [-0.15, -0.1) is 0 Å². The number of benzene rings is 4. The van der Waals surface area contributed by atoms with Gasteiger partial charge in [0.2, 0.25) is 0 Å². The van der Waals surface area contributed by atoms with Crippen molar-refractivity contribution in [3.63, 3.8) is 0 Å². The van der Waals surface area contributed by atoms with Gasteiger partial charge >= 0.3 is 0 Å². The lowest BCUT2D eigenvalue weighted by atomic mass is 10.1. The first-order valence-corrected chi connectivity index (χ1v) is 14.0. The van der Waals surface area contributed by atoms with Crippen molar-refractivity contribution in [3.8, 4) is 5.75 Å². The Hall–Kier alpha value is -3.22. The number of halogens is 3. The van der Waals surface area contributed by atoms with Crippen LogP contribution in [0.2, 0.25) is 15.1 Å². The maximum absolute atomic E-state index is 13.8. The Balaban J connectivity index is 1.51. The summed E-state index contributed by atoms with van der Waals surface area (Å²) in [5.41, 5.74) is 4.88. The van der Waals surface area contributed by atoms with Gasteiger partial charge in [-0.05, 0) is 90.8 Å². The molecule has 8 heteroatoms. The van der Waals surface area contributed by atoms with Gasteiger partial charge in [0.05, 0.1) is 16.3 Å². The van der Waals surface area contributed by atoms with Crippen molar-refractivity contribution in [2.24, 2.45) is 4.99 Å². The number of rotatable bonds is 6. The van der Waals surface area contributed by atoms with Crippen LogP contribution in [0, 0.1) is 13.8 Å². The van der Waals surface area contributed by atoms with Crippen molar-refractivity contribution in [1.29, 1.82) is 0 Å². The van der Waals surface area contributed by atoms with Gasteiger partial charge in [0.1, 0.15) is 12.4 Å². The predicted molar refractivity (Wildman–Crippen MR) is 165 cm³/mol. The van der Waals surface area contributed by atoms with Crippen LogP contribution in [0.3, 0.4) is 0 Å². The van der Waals surface area contributed by atoms with Crippen LogP contribution in [-0.4, -0.2) is 11.1 Å². The highest BCUT2D eigenvalue weighted by molar-refractivity contribution is 8.19. The highest BCUT2D eigenvalue weighted by atomic mass is 35.5. The summed E-state index contributed by atoms with van der Waals surface area (Å²) < 4.78 is 6.11. The lowest BCUT2D eigenvalue weighted by Gasteiger charge is -2.16. The van der Waals surface area contributed by atoms with Gasteiger partial charge in [-0.1, -0.05) is 77.3 Å². The molecule has 0 saturated carbocycles. The van der Waals surface area contributed by atoms with Crippen LogP contribution in [-0.2, 0) is 11.4 Å². The summed E-state index contributed by atoms with van der Waals surface area (Å²) >= 11 is 20.2. The summed E-state index contributed by atoms with van der Waals surface area (Å²) in [5, 5.41) is 2.33. The summed E-state index contributed by atoms with van der Waals surface area (Å²) in [6.45, 7) is 4.19. The zero-order valence-corrected chi connectivity index (χ0v) is 24.2. The normalized spacial score (nSPS) is 15.4. The molecule has 0 unspecified atom stereocenters. The number of hydrogen-bond acceptors (Lipinski definition) is 4. The molecule has 4 nitrogen and oxygen atoms in total. The first-order chi connectivity index (χ1) is 18.8. The van der Waals surface area contributed by atoms with Crippen molar-refractivity contribution >= 4 is 75.1 Å². The minimum absolute atomic E-state index is 0.207. The SMILES string of the molecule is Cc1ccc(N=C2S/C(=C/c3ccccc3OCc3cccc(Cl)c3)C(=O)N2c2ccc(C)c(Cl)c2)cc1Cl. The Labute approximate surface area is 246 Å². The minimum atomic E-state index is -0.207. The largest absolute Gasteiger partial charge is 0.488 e. The fraction of sp³-hybridized carbons (Fsp3) is 0.0968. The van der Waals surface area contributed by atoms with Gasteiger partial charge < -0.3 is 4.74 Å². The molecule has 1 fully saturated rings. The van der Waals surface area contributed by atoms with Crippen LogP contribution in [0.15, 0.2) is 94.8 Å².